The number of hydrogen-bond acceptors (Lipinski definition) is 6. The van der Waals surface area contributed by atoms with Gasteiger partial charge in [-0.1, -0.05) is 6.07 Å². The van der Waals surface area contributed by atoms with Crippen molar-refractivity contribution in [3.63, 3.8) is 0 Å². The smallest absolute Gasteiger partial charge is 0.338 e. The van der Waals surface area contributed by atoms with Gasteiger partial charge in [0.25, 0.3) is 10.0 Å². The average Bonchev–Trinajstić information content (AvgIpc) is 2.63. The summed E-state index contributed by atoms with van der Waals surface area (Å²) < 4.78 is 43.4. The third-order valence-corrected chi connectivity index (χ3v) is 5.04. The molecule has 0 saturated heterocycles. The first kappa shape index (κ1) is 19.6. The van der Waals surface area contributed by atoms with Crippen LogP contribution in [-0.2, 0) is 14.8 Å². The van der Waals surface area contributed by atoms with Crippen LogP contribution in [-0.4, -0.2) is 35.2 Å². The molecule has 0 amide bonds. The van der Waals surface area contributed by atoms with Crippen molar-refractivity contribution in [3.05, 3.63) is 47.5 Å². The van der Waals surface area contributed by atoms with Crippen molar-refractivity contribution in [2.45, 2.75) is 18.7 Å². The largest absolute Gasteiger partial charge is 0.497 e. The minimum Gasteiger partial charge on any atom is -0.497 e. The second kappa shape index (κ2) is 8.09. The van der Waals surface area contributed by atoms with E-state index in [-0.39, 0.29) is 28.5 Å². The Morgan fingerprint density at radius 3 is 2.42 bits per heavy atom. The fourth-order valence-corrected chi connectivity index (χ4v) is 3.57. The molecule has 0 radical (unpaired) electrons. The normalized spacial score (nSPS) is 10.9. The SMILES string of the molecule is CCOC(=O)c1ccc(C)c(NS(=O)(=O)c2cc(OC)ccc2OC)c1. The Labute approximate surface area is 152 Å². The zero-order valence-corrected chi connectivity index (χ0v) is 15.8. The van der Waals surface area contributed by atoms with Gasteiger partial charge in [0.1, 0.15) is 16.4 Å². The van der Waals surface area contributed by atoms with E-state index in [1.165, 1.54) is 32.4 Å². The highest BCUT2D eigenvalue weighted by Crippen LogP contribution is 2.30. The number of nitrogens with one attached hydrogen (secondary N) is 1. The third-order valence-electron chi connectivity index (χ3n) is 3.65. The van der Waals surface area contributed by atoms with Crippen LogP contribution in [0.25, 0.3) is 0 Å². The third kappa shape index (κ3) is 4.26. The minimum absolute atomic E-state index is 0.0692. The maximum Gasteiger partial charge on any atom is 0.338 e. The van der Waals surface area contributed by atoms with Crippen molar-refractivity contribution in [1.82, 2.24) is 0 Å². The van der Waals surface area contributed by atoms with E-state index in [1.54, 1.807) is 32.0 Å². The van der Waals surface area contributed by atoms with Gasteiger partial charge < -0.3 is 14.2 Å². The predicted octanol–water partition coefficient (Wildman–Crippen LogP) is 2.99. The summed E-state index contributed by atoms with van der Waals surface area (Å²) in [5.74, 6) is 0.0348. The molecule has 0 aliphatic heterocycles. The van der Waals surface area contributed by atoms with Gasteiger partial charge in [0.2, 0.25) is 0 Å². The van der Waals surface area contributed by atoms with Crippen molar-refractivity contribution in [2.24, 2.45) is 0 Å². The molecule has 0 aromatic heterocycles. The molecule has 0 bridgehead atoms. The molecular weight excluding hydrogens is 358 g/mol. The fourth-order valence-electron chi connectivity index (χ4n) is 2.27. The number of anilines is 1. The number of sulfonamides is 1. The molecule has 2 rings (SSSR count). The summed E-state index contributed by atoms with van der Waals surface area (Å²) in [6, 6.07) is 9.15. The number of carbonyl (C=O) groups is 1. The molecule has 0 fully saturated rings. The highest BCUT2D eigenvalue weighted by Gasteiger charge is 2.22. The highest BCUT2D eigenvalue weighted by molar-refractivity contribution is 7.92. The highest BCUT2D eigenvalue weighted by atomic mass is 32.2. The topological polar surface area (TPSA) is 90.9 Å². The number of hydrogen-bond donors (Lipinski definition) is 1. The van der Waals surface area contributed by atoms with E-state index in [0.717, 1.165) is 0 Å². The molecule has 2 aromatic carbocycles. The molecular formula is C18H21NO6S. The van der Waals surface area contributed by atoms with Crippen LogP contribution in [0.1, 0.15) is 22.8 Å². The van der Waals surface area contributed by atoms with E-state index in [9.17, 15) is 13.2 Å². The van der Waals surface area contributed by atoms with E-state index in [1.807, 2.05) is 0 Å². The maximum atomic E-state index is 12.8. The molecule has 26 heavy (non-hydrogen) atoms. The van der Waals surface area contributed by atoms with E-state index in [0.29, 0.717) is 11.3 Å². The quantitative estimate of drug-likeness (QED) is 0.744. The Kier molecular flexibility index (Phi) is 6.10. The first-order valence-corrected chi connectivity index (χ1v) is 9.33. The number of ether oxygens (including phenoxy) is 3. The van der Waals surface area contributed by atoms with Crippen LogP contribution in [0.3, 0.4) is 0 Å². The molecule has 8 heteroatoms. The summed E-state index contributed by atoms with van der Waals surface area (Å²) in [7, 11) is -1.15. The zero-order valence-electron chi connectivity index (χ0n) is 15.0. The van der Waals surface area contributed by atoms with Gasteiger partial charge in [0, 0.05) is 6.07 Å². The number of aryl methyl sites for hydroxylation is 1. The summed E-state index contributed by atoms with van der Waals surface area (Å²) in [5.41, 5.74) is 1.19. The molecule has 0 aliphatic carbocycles. The molecule has 7 nitrogen and oxygen atoms in total. The van der Waals surface area contributed by atoms with E-state index in [4.69, 9.17) is 14.2 Å². The summed E-state index contributed by atoms with van der Waals surface area (Å²) >= 11 is 0. The van der Waals surface area contributed by atoms with Crippen LogP contribution in [0.15, 0.2) is 41.3 Å². The second-order valence-electron chi connectivity index (χ2n) is 5.37. The first-order chi connectivity index (χ1) is 12.3. The lowest BCUT2D eigenvalue weighted by Crippen LogP contribution is -2.16. The Morgan fingerprint density at radius 2 is 1.81 bits per heavy atom. The van der Waals surface area contributed by atoms with Gasteiger partial charge in [0.05, 0.1) is 32.1 Å². The lowest BCUT2D eigenvalue weighted by molar-refractivity contribution is 0.0526. The molecule has 2 aromatic rings. The number of benzene rings is 2. The summed E-state index contributed by atoms with van der Waals surface area (Å²) in [4.78, 5) is 11.8. The van der Waals surface area contributed by atoms with Gasteiger partial charge >= 0.3 is 5.97 Å². The van der Waals surface area contributed by atoms with Gasteiger partial charge in [0.15, 0.2) is 0 Å². The van der Waals surface area contributed by atoms with Crippen molar-refractivity contribution >= 4 is 21.7 Å². The maximum absolute atomic E-state index is 12.8. The summed E-state index contributed by atoms with van der Waals surface area (Å²) in [6.45, 7) is 3.66. The Bertz CT molecular complexity index is 908. The van der Waals surface area contributed by atoms with Crippen molar-refractivity contribution in [1.29, 1.82) is 0 Å². The molecule has 140 valence electrons. The average molecular weight is 379 g/mol. The Balaban J connectivity index is 2.44. The molecule has 0 aliphatic rings. The monoisotopic (exact) mass is 379 g/mol. The van der Waals surface area contributed by atoms with Crippen LogP contribution in [0.4, 0.5) is 5.69 Å². The van der Waals surface area contributed by atoms with Gasteiger partial charge in [-0.3, -0.25) is 4.72 Å². The second-order valence-corrected chi connectivity index (χ2v) is 7.02. The molecule has 0 saturated carbocycles. The number of esters is 1. The van der Waals surface area contributed by atoms with Gasteiger partial charge in [-0.25, -0.2) is 13.2 Å². The Hall–Kier alpha value is -2.74. The number of methoxy groups -OCH3 is 2. The van der Waals surface area contributed by atoms with E-state index >= 15 is 0 Å². The lowest BCUT2D eigenvalue weighted by Gasteiger charge is -2.15. The summed E-state index contributed by atoms with van der Waals surface area (Å²) in [5, 5.41) is 0. The first-order valence-electron chi connectivity index (χ1n) is 7.85. The zero-order chi connectivity index (χ0) is 19.3. The van der Waals surface area contributed by atoms with Crippen molar-refractivity contribution in [3.8, 4) is 11.5 Å². The lowest BCUT2D eigenvalue weighted by atomic mass is 10.1. The van der Waals surface area contributed by atoms with Gasteiger partial charge in [-0.2, -0.15) is 0 Å². The van der Waals surface area contributed by atoms with Crippen LogP contribution >= 0.6 is 0 Å². The van der Waals surface area contributed by atoms with Crippen LogP contribution < -0.4 is 14.2 Å². The van der Waals surface area contributed by atoms with Gasteiger partial charge in [-0.05, 0) is 43.7 Å². The molecule has 1 N–H and O–H groups in total. The van der Waals surface area contributed by atoms with E-state index < -0.39 is 16.0 Å². The van der Waals surface area contributed by atoms with Crippen molar-refractivity contribution < 1.29 is 27.4 Å². The molecule has 0 atom stereocenters. The number of rotatable bonds is 7. The fraction of sp³-hybridized carbons (Fsp3) is 0.278. The standard InChI is InChI=1S/C18H21NO6S/c1-5-25-18(20)13-7-6-12(2)15(10-13)19-26(21,22)17-11-14(23-3)8-9-16(17)24-4/h6-11,19H,5H2,1-4H3. The van der Waals surface area contributed by atoms with Crippen LogP contribution in [0, 0.1) is 6.92 Å². The molecule has 0 unspecified atom stereocenters. The predicted molar refractivity (Wildman–Crippen MR) is 97.5 cm³/mol. The Morgan fingerprint density at radius 1 is 1.08 bits per heavy atom. The van der Waals surface area contributed by atoms with E-state index in [2.05, 4.69) is 4.72 Å². The van der Waals surface area contributed by atoms with Crippen LogP contribution in [0.5, 0.6) is 11.5 Å². The number of carbonyl (C=O) groups excluding carboxylic acids is 1. The molecule has 0 heterocycles. The molecule has 0 spiro atoms. The van der Waals surface area contributed by atoms with Crippen molar-refractivity contribution in [2.75, 3.05) is 25.5 Å². The minimum atomic E-state index is -3.97. The summed E-state index contributed by atoms with van der Waals surface area (Å²) in [6.07, 6.45) is 0. The van der Waals surface area contributed by atoms with Crippen LogP contribution in [0.2, 0.25) is 0 Å². The van der Waals surface area contributed by atoms with Gasteiger partial charge in [-0.15, -0.1) is 0 Å².